The lowest BCUT2D eigenvalue weighted by atomic mass is 10.1. The summed E-state index contributed by atoms with van der Waals surface area (Å²) in [7, 11) is 5.37. The van der Waals surface area contributed by atoms with Crippen molar-refractivity contribution >= 4 is 0 Å². The molecule has 1 N–H and O–H groups in total. The minimum atomic E-state index is 0.458. The lowest BCUT2D eigenvalue weighted by Gasteiger charge is -2.14. The van der Waals surface area contributed by atoms with Gasteiger partial charge in [-0.25, -0.2) is 0 Å². The van der Waals surface area contributed by atoms with Crippen LogP contribution >= 0.6 is 0 Å². The van der Waals surface area contributed by atoms with E-state index in [1.165, 1.54) is 11.1 Å². The first-order valence-electron chi connectivity index (χ1n) is 5.22. The van der Waals surface area contributed by atoms with Crippen LogP contribution in [0.25, 0.3) is 0 Å². The molecule has 0 saturated heterocycles. The molecule has 0 fully saturated rings. The smallest absolute Gasteiger partial charge is 0.164 e. The van der Waals surface area contributed by atoms with E-state index in [0.717, 1.165) is 24.3 Å². The van der Waals surface area contributed by atoms with Gasteiger partial charge in [0.1, 0.15) is 0 Å². The van der Waals surface area contributed by atoms with Crippen molar-refractivity contribution in [2.24, 2.45) is 0 Å². The molecule has 0 spiro atoms. The van der Waals surface area contributed by atoms with Crippen LogP contribution in [0.5, 0.6) is 11.5 Å². The number of methoxy groups -OCH3 is 2. The van der Waals surface area contributed by atoms with E-state index in [0.29, 0.717) is 6.04 Å². The molecule has 3 heteroatoms. The molecule has 0 amide bonds. The summed E-state index contributed by atoms with van der Waals surface area (Å²) >= 11 is 0. The van der Waals surface area contributed by atoms with Crippen LogP contribution in [0.3, 0.4) is 0 Å². The van der Waals surface area contributed by atoms with Crippen molar-refractivity contribution in [1.82, 2.24) is 5.32 Å². The van der Waals surface area contributed by atoms with E-state index in [9.17, 15) is 0 Å². The van der Waals surface area contributed by atoms with Crippen LogP contribution in [-0.4, -0.2) is 21.3 Å². The molecule has 15 heavy (non-hydrogen) atoms. The molecule has 0 aliphatic heterocycles. The Bertz CT molecular complexity index is 363. The summed E-state index contributed by atoms with van der Waals surface area (Å²) in [6.45, 7) is 0. The minimum absolute atomic E-state index is 0.458. The molecule has 1 aromatic carbocycles. The third-order valence-electron chi connectivity index (χ3n) is 3.09. The average Bonchev–Trinajstić information content (AvgIpc) is 2.70. The van der Waals surface area contributed by atoms with Gasteiger partial charge in [-0.3, -0.25) is 0 Å². The molecule has 3 nitrogen and oxygen atoms in total. The second-order valence-electron chi connectivity index (χ2n) is 3.75. The quantitative estimate of drug-likeness (QED) is 0.821. The molecule has 1 atom stereocenters. The molecule has 0 bridgehead atoms. The standard InChI is InChI=1S/C12H17NO2/c1-13-10-6-4-9-8(10)5-7-11(14-2)12(9)15-3/h5,7,10,13H,4,6H2,1-3H3/t10-/m1/s1. The molecule has 82 valence electrons. The molecule has 1 aliphatic carbocycles. The number of rotatable bonds is 3. The van der Waals surface area contributed by atoms with Gasteiger partial charge in [0.2, 0.25) is 0 Å². The molecular weight excluding hydrogens is 190 g/mol. The van der Waals surface area contributed by atoms with Crippen molar-refractivity contribution in [1.29, 1.82) is 0 Å². The predicted molar refractivity (Wildman–Crippen MR) is 59.7 cm³/mol. The van der Waals surface area contributed by atoms with Gasteiger partial charge in [-0.05, 0) is 31.5 Å². The lowest BCUT2D eigenvalue weighted by Crippen LogP contribution is -2.12. The predicted octanol–water partition coefficient (Wildman–Crippen LogP) is 1.91. The fourth-order valence-electron chi connectivity index (χ4n) is 2.33. The zero-order valence-electron chi connectivity index (χ0n) is 9.46. The highest BCUT2D eigenvalue weighted by atomic mass is 16.5. The third-order valence-corrected chi connectivity index (χ3v) is 3.09. The molecule has 0 unspecified atom stereocenters. The zero-order valence-corrected chi connectivity index (χ0v) is 9.46. The first-order chi connectivity index (χ1) is 7.31. The van der Waals surface area contributed by atoms with Crippen LogP contribution < -0.4 is 14.8 Å². The summed E-state index contributed by atoms with van der Waals surface area (Å²) in [5, 5.41) is 3.31. The Hall–Kier alpha value is -1.22. The monoisotopic (exact) mass is 207 g/mol. The van der Waals surface area contributed by atoms with Gasteiger partial charge < -0.3 is 14.8 Å². The third kappa shape index (κ3) is 1.57. The maximum Gasteiger partial charge on any atom is 0.164 e. The van der Waals surface area contributed by atoms with Gasteiger partial charge >= 0.3 is 0 Å². The van der Waals surface area contributed by atoms with E-state index < -0.39 is 0 Å². The van der Waals surface area contributed by atoms with Gasteiger partial charge in [0.05, 0.1) is 14.2 Å². The summed E-state index contributed by atoms with van der Waals surface area (Å²) in [4.78, 5) is 0. The first kappa shape index (κ1) is 10.3. The summed E-state index contributed by atoms with van der Waals surface area (Å²) in [5.41, 5.74) is 2.63. The topological polar surface area (TPSA) is 30.5 Å². The van der Waals surface area contributed by atoms with Crippen molar-refractivity contribution < 1.29 is 9.47 Å². The van der Waals surface area contributed by atoms with E-state index >= 15 is 0 Å². The van der Waals surface area contributed by atoms with Gasteiger partial charge in [0.15, 0.2) is 11.5 Å². The Balaban J connectivity index is 2.48. The molecule has 0 radical (unpaired) electrons. The second kappa shape index (κ2) is 4.11. The fourth-order valence-corrected chi connectivity index (χ4v) is 2.33. The van der Waals surface area contributed by atoms with Crippen LogP contribution in [0.1, 0.15) is 23.6 Å². The average molecular weight is 207 g/mol. The Kier molecular flexibility index (Phi) is 2.82. The Labute approximate surface area is 90.4 Å². The van der Waals surface area contributed by atoms with Gasteiger partial charge in [0.25, 0.3) is 0 Å². The van der Waals surface area contributed by atoms with Crippen LogP contribution in [0, 0.1) is 0 Å². The number of hydrogen-bond donors (Lipinski definition) is 1. The molecule has 0 aromatic heterocycles. The minimum Gasteiger partial charge on any atom is -0.493 e. The van der Waals surface area contributed by atoms with Crippen molar-refractivity contribution in [3.63, 3.8) is 0 Å². The number of hydrogen-bond acceptors (Lipinski definition) is 3. The highest BCUT2D eigenvalue weighted by molar-refractivity contribution is 5.53. The summed E-state index contributed by atoms with van der Waals surface area (Å²) in [6.07, 6.45) is 2.19. The van der Waals surface area contributed by atoms with E-state index in [4.69, 9.17) is 9.47 Å². The number of ether oxygens (including phenoxy) is 2. The van der Waals surface area contributed by atoms with E-state index in [1.807, 2.05) is 13.1 Å². The van der Waals surface area contributed by atoms with Crippen molar-refractivity contribution in [3.8, 4) is 11.5 Å². The molecule has 0 heterocycles. The van der Waals surface area contributed by atoms with E-state index in [2.05, 4.69) is 11.4 Å². The fraction of sp³-hybridized carbons (Fsp3) is 0.500. The largest absolute Gasteiger partial charge is 0.493 e. The van der Waals surface area contributed by atoms with Crippen molar-refractivity contribution in [2.45, 2.75) is 18.9 Å². The van der Waals surface area contributed by atoms with Crippen LogP contribution in [0.2, 0.25) is 0 Å². The highest BCUT2D eigenvalue weighted by Crippen LogP contribution is 2.41. The first-order valence-corrected chi connectivity index (χ1v) is 5.22. The molecule has 0 saturated carbocycles. The van der Waals surface area contributed by atoms with Gasteiger partial charge in [-0.2, -0.15) is 0 Å². The normalized spacial score (nSPS) is 18.7. The lowest BCUT2D eigenvalue weighted by molar-refractivity contribution is 0.352. The number of fused-ring (bicyclic) bond motifs is 1. The van der Waals surface area contributed by atoms with Crippen molar-refractivity contribution in [3.05, 3.63) is 23.3 Å². The molecule has 1 aromatic rings. The van der Waals surface area contributed by atoms with Gasteiger partial charge in [-0.1, -0.05) is 6.07 Å². The van der Waals surface area contributed by atoms with Crippen LogP contribution in [0.15, 0.2) is 12.1 Å². The van der Waals surface area contributed by atoms with Crippen LogP contribution in [0.4, 0.5) is 0 Å². The summed E-state index contributed by atoms with van der Waals surface area (Å²) < 4.78 is 10.7. The Morgan fingerprint density at radius 2 is 2.07 bits per heavy atom. The maximum atomic E-state index is 5.42. The summed E-state index contributed by atoms with van der Waals surface area (Å²) in [6, 6.07) is 4.57. The summed E-state index contributed by atoms with van der Waals surface area (Å²) in [5.74, 6) is 1.72. The van der Waals surface area contributed by atoms with E-state index in [1.54, 1.807) is 14.2 Å². The SMILES string of the molecule is CN[C@@H]1CCc2c1ccc(OC)c2OC. The Morgan fingerprint density at radius 3 is 2.67 bits per heavy atom. The molecule has 2 rings (SSSR count). The van der Waals surface area contributed by atoms with Crippen LogP contribution in [-0.2, 0) is 6.42 Å². The molecular formula is C12H17NO2. The zero-order chi connectivity index (χ0) is 10.8. The van der Waals surface area contributed by atoms with Crippen molar-refractivity contribution in [2.75, 3.05) is 21.3 Å². The number of nitrogens with one attached hydrogen (secondary N) is 1. The Morgan fingerprint density at radius 1 is 1.27 bits per heavy atom. The molecule has 1 aliphatic rings. The maximum absolute atomic E-state index is 5.42. The van der Waals surface area contributed by atoms with Gasteiger partial charge in [0, 0.05) is 11.6 Å². The van der Waals surface area contributed by atoms with E-state index in [-0.39, 0.29) is 0 Å². The highest BCUT2D eigenvalue weighted by Gasteiger charge is 2.25. The second-order valence-corrected chi connectivity index (χ2v) is 3.75. The number of benzene rings is 1. The van der Waals surface area contributed by atoms with Gasteiger partial charge in [-0.15, -0.1) is 0 Å².